The Labute approximate surface area is 95.1 Å². The van der Waals surface area contributed by atoms with Crippen molar-refractivity contribution in [1.82, 2.24) is 4.57 Å². The van der Waals surface area contributed by atoms with Crippen molar-refractivity contribution in [2.45, 2.75) is 39.7 Å². The lowest BCUT2D eigenvalue weighted by Crippen LogP contribution is -2.18. The lowest BCUT2D eigenvalue weighted by molar-refractivity contribution is 0.450. The smallest absolute Gasteiger partial charge is 0.408 e. The number of rotatable bonds is 2. The molecular weight excluding hydrogens is 202 g/mol. The Hall–Kier alpha value is -1.51. The van der Waals surface area contributed by atoms with E-state index in [4.69, 9.17) is 4.42 Å². The summed E-state index contributed by atoms with van der Waals surface area (Å²) < 4.78 is 6.99. The van der Waals surface area contributed by atoms with Gasteiger partial charge in [-0.25, -0.2) is 4.79 Å². The average molecular weight is 219 g/mol. The molecule has 0 atom stereocenters. The Bertz CT molecular complexity index is 500. The van der Waals surface area contributed by atoms with Crippen molar-refractivity contribution in [3.63, 3.8) is 0 Å². The summed E-state index contributed by atoms with van der Waals surface area (Å²) in [5, 5.41) is 0. The van der Waals surface area contributed by atoms with Crippen LogP contribution in [0.1, 0.15) is 44.7 Å². The van der Waals surface area contributed by atoms with Gasteiger partial charge in [0, 0.05) is 12.5 Å². The van der Waals surface area contributed by atoms with Gasteiger partial charge in [0.15, 0.2) is 5.76 Å². The molecule has 3 nitrogen and oxygen atoms in total. The Morgan fingerprint density at radius 1 is 1.44 bits per heavy atom. The molecule has 16 heavy (non-hydrogen) atoms. The molecule has 0 N–H and O–H groups in total. The number of allylic oxidation sites excluding steroid dienone is 3. The Morgan fingerprint density at radius 2 is 2.19 bits per heavy atom. The molecule has 0 radical (unpaired) electrons. The van der Waals surface area contributed by atoms with E-state index < -0.39 is 0 Å². The molecule has 0 aromatic carbocycles. The van der Waals surface area contributed by atoms with Crippen LogP contribution in [0.25, 0.3) is 6.08 Å². The monoisotopic (exact) mass is 219 g/mol. The van der Waals surface area contributed by atoms with Crippen molar-refractivity contribution in [3.8, 4) is 0 Å². The fourth-order valence-electron chi connectivity index (χ4n) is 2.02. The average Bonchev–Trinajstić information content (AvgIpc) is 2.42. The van der Waals surface area contributed by atoms with E-state index in [0.717, 1.165) is 18.5 Å². The maximum Gasteiger partial charge on any atom is 0.419 e. The fourth-order valence-corrected chi connectivity index (χ4v) is 2.02. The summed E-state index contributed by atoms with van der Waals surface area (Å²) in [6.45, 7) is 6.12. The van der Waals surface area contributed by atoms with Gasteiger partial charge in [-0.3, -0.25) is 4.57 Å². The summed E-state index contributed by atoms with van der Waals surface area (Å²) in [6.07, 6.45) is 7.87. The summed E-state index contributed by atoms with van der Waals surface area (Å²) in [5.41, 5.74) is 2.27. The minimum atomic E-state index is -0.252. The number of hydrogen-bond donors (Lipinski definition) is 0. The van der Waals surface area contributed by atoms with Gasteiger partial charge < -0.3 is 4.42 Å². The first kappa shape index (κ1) is 11.0. The number of hydrogen-bond acceptors (Lipinski definition) is 2. The predicted octanol–water partition coefficient (Wildman–Crippen LogP) is 2.93. The van der Waals surface area contributed by atoms with Gasteiger partial charge >= 0.3 is 5.76 Å². The summed E-state index contributed by atoms with van der Waals surface area (Å²) in [4.78, 5) is 11.7. The van der Waals surface area contributed by atoms with Gasteiger partial charge in [0.25, 0.3) is 0 Å². The maximum atomic E-state index is 11.7. The van der Waals surface area contributed by atoms with E-state index in [1.54, 1.807) is 4.57 Å². The third kappa shape index (κ3) is 1.77. The fraction of sp³-hybridized carbons (Fsp3) is 0.462. The van der Waals surface area contributed by atoms with Crippen molar-refractivity contribution < 1.29 is 4.42 Å². The van der Waals surface area contributed by atoms with Gasteiger partial charge in [0.05, 0.1) is 5.69 Å². The molecule has 0 saturated carbocycles. The van der Waals surface area contributed by atoms with Gasteiger partial charge in [-0.05, 0) is 26.3 Å². The van der Waals surface area contributed by atoms with Crippen LogP contribution in [0, 0.1) is 0 Å². The first-order valence-corrected chi connectivity index (χ1v) is 5.74. The normalized spacial score (nSPS) is 14.9. The van der Waals surface area contributed by atoms with Crippen molar-refractivity contribution in [3.05, 3.63) is 39.7 Å². The van der Waals surface area contributed by atoms with E-state index in [0.29, 0.717) is 5.76 Å². The summed E-state index contributed by atoms with van der Waals surface area (Å²) in [6, 6.07) is 0.143. The molecule has 3 heteroatoms. The Balaban J connectivity index is 2.51. The van der Waals surface area contributed by atoms with Crippen molar-refractivity contribution >= 4 is 6.08 Å². The molecule has 1 heterocycles. The second-order valence-electron chi connectivity index (χ2n) is 4.31. The maximum absolute atomic E-state index is 11.7. The van der Waals surface area contributed by atoms with Gasteiger partial charge in [0.1, 0.15) is 0 Å². The van der Waals surface area contributed by atoms with Crippen LogP contribution < -0.4 is 5.76 Å². The van der Waals surface area contributed by atoms with Gasteiger partial charge in [-0.2, -0.15) is 0 Å². The highest BCUT2D eigenvalue weighted by Crippen LogP contribution is 2.21. The van der Waals surface area contributed by atoms with Crippen molar-refractivity contribution in [2.24, 2.45) is 0 Å². The molecule has 0 unspecified atom stereocenters. The lowest BCUT2D eigenvalue weighted by atomic mass is 10.1. The molecule has 0 saturated heterocycles. The standard InChI is InChI=1S/C13H17NO2/c1-4-10-5-7-11-12(8-6-10)16-13(15)14(11)9(2)3/h5-6,8-9H,4,7H2,1-3H3. The highest BCUT2D eigenvalue weighted by Gasteiger charge is 2.17. The lowest BCUT2D eigenvalue weighted by Gasteiger charge is -2.08. The largest absolute Gasteiger partial charge is 0.419 e. The van der Waals surface area contributed by atoms with E-state index >= 15 is 0 Å². The molecule has 0 amide bonds. The van der Waals surface area contributed by atoms with Gasteiger partial charge in [0.2, 0.25) is 0 Å². The third-order valence-corrected chi connectivity index (χ3v) is 2.90. The van der Waals surface area contributed by atoms with E-state index in [1.165, 1.54) is 5.57 Å². The van der Waals surface area contributed by atoms with Crippen molar-refractivity contribution in [2.75, 3.05) is 0 Å². The van der Waals surface area contributed by atoms with Crippen LogP contribution in [0.3, 0.4) is 0 Å². The predicted molar refractivity (Wildman–Crippen MR) is 64.5 cm³/mol. The number of oxazole rings is 1. The van der Waals surface area contributed by atoms with E-state index in [9.17, 15) is 4.79 Å². The highest BCUT2D eigenvalue weighted by molar-refractivity contribution is 5.52. The topological polar surface area (TPSA) is 35.1 Å². The Morgan fingerprint density at radius 3 is 2.81 bits per heavy atom. The molecule has 86 valence electrons. The zero-order chi connectivity index (χ0) is 11.7. The van der Waals surface area contributed by atoms with Crippen LogP contribution >= 0.6 is 0 Å². The molecular formula is C13H17NO2. The minimum Gasteiger partial charge on any atom is -0.408 e. The zero-order valence-corrected chi connectivity index (χ0v) is 9.99. The van der Waals surface area contributed by atoms with Crippen LogP contribution in [-0.4, -0.2) is 4.57 Å². The molecule has 1 aliphatic rings. The van der Waals surface area contributed by atoms with Crippen LogP contribution in [0.4, 0.5) is 0 Å². The second-order valence-corrected chi connectivity index (χ2v) is 4.31. The van der Waals surface area contributed by atoms with Crippen LogP contribution in [0.15, 0.2) is 26.9 Å². The molecule has 2 rings (SSSR count). The van der Waals surface area contributed by atoms with E-state index in [1.807, 2.05) is 26.0 Å². The molecule has 0 bridgehead atoms. The summed E-state index contributed by atoms with van der Waals surface area (Å²) in [7, 11) is 0. The number of aromatic nitrogens is 1. The van der Waals surface area contributed by atoms with Crippen LogP contribution in [0.5, 0.6) is 0 Å². The molecule has 0 fully saturated rings. The molecule has 1 aromatic heterocycles. The first-order valence-electron chi connectivity index (χ1n) is 5.74. The Kier molecular flexibility index (Phi) is 2.86. The molecule has 0 spiro atoms. The summed E-state index contributed by atoms with van der Waals surface area (Å²) in [5.74, 6) is 0.455. The molecule has 1 aromatic rings. The SMILES string of the molecule is CCC1=CCc2c(oc(=O)n2C(C)C)C=C1. The number of nitrogens with zero attached hydrogens (tertiary/aromatic N) is 1. The van der Waals surface area contributed by atoms with Gasteiger partial charge in [-0.15, -0.1) is 0 Å². The van der Waals surface area contributed by atoms with Crippen molar-refractivity contribution in [1.29, 1.82) is 0 Å². The number of fused-ring (bicyclic) bond motifs is 1. The first-order chi connectivity index (χ1) is 7.63. The summed E-state index contributed by atoms with van der Waals surface area (Å²) >= 11 is 0. The van der Waals surface area contributed by atoms with Gasteiger partial charge in [-0.1, -0.05) is 24.6 Å². The van der Waals surface area contributed by atoms with E-state index in [2.05, 4.69) is 13.0 Å². The van der Waals surface area contributed by atoms with Crippen LogP contribution in [0.2, 0.25) is 0 Å². The minimum absolute atomic E-state index is 0.143. The highest BCUT2D eigenvalue weighted by atomic mass is 16.4. The zero-order valence-electron chi connectivity index (χ0n) is 9.99. The van der Waals surface area contributed by atoms with Crippen LogP contribution in [-0.2, 0) is 6.42 Å². The molecule has 1 aliphatic carbocycles. The quantitative estimate of drug-likeness (QED) is 0.766. The molecule has 0 aliphatic heterocycles. The third-order valence-electron chi connectivity index (χ3n) is 2.90. The second kappa shape index (κ2) is 4.16. The van der Waals surface area contributed by atoms with E-state index in [-0.39, 0.29) is 11.8 Å².